The normalized spacial score (nSPS) is 15.5. The molecule has 2 heterocycles. The van der Waals surface area contributed by atoms with Crippen LogP contribution in [0.2, 0.25) is 0 Å². The highest BCUT2D eigenvalue weighted by molar-refractivity contribution is 7.27. The van der Waals surface area contributed by atoms with Crippen LogP contribution >= 0.6 is 9.24 Å². The zero-order valence-corrected chi connectivity index (χ0v) is 35.7. The third-order valence-electron chi connectivity index (χ3n) is 11.0. The van der Waals surface area contributed by atoms with E-state index in [1.54, 1.807) is 0 Å². The third kappa shape index (κ3) is 10.1. The van der Waals surface area contributed by atoms with E-state index in [1.807, 2.05) is 50.2 Å². The van der Waals surface area contributed by atoms with Crippen molar-refractivity contribution in [1.82, 2.24) is 0 Å². The fourth-order valence-electron chi connectivity index (χ4n) is 8.25. The molecule has 4 nitrogen and oxygen atoms in total. The van der Waals surface area contributed by atoms with Gasteiger partial charge in [0.2, 0.25) is 0 Å². The Balaban J connectivity index is 0.000000217. The van der Waals surface area contributed by atoms with E-state index in [1.165, 1.54) is 79.6 Å². The van der Waals surface area contributed by atoms with Crippen molar-refractivity contribution >= 4 is 71.4 Å². The van der Waals surface area contributed by atoms with Crippen LogP contribution in [0.15, 0.2) is 179 Å². The summed E-state index contributed by atoms with van der Waals surface area (Å²) in [6, 6.07) is 57.1. The van der Waals surface area contributed by atoms with Crippen LogP contribution in [0, 0.1) is 18.3 Å². The molecule has 3 unspecified atom stereocenters. The van der Waals surface area contributed by atoms with Crippen LogP contribution in [0.25, 0.3) is 49.4 Å². The first-order chi connectivity index (χ1) is 29.0. The lowest BCUT2D eigenvalue weighted by molar-refractivity contribution is 0.441. The highest BCUT2D eigenvalue weighted by Gasteiger charge is 2.32. The monoisotopic (exact) mass is 793 g/mol. The minimum atomic E-state index is 0.473. The largest absolute Gasteiger partial charge is 0.455 e. The summed E-state index contributed by atoms with van der Waals surface area (Å²) in [6.07, 6.45) is 8.03. The zero-order chi connectivity index (χ0) is 41.6. The fourth-order valence-corrected chi connectivity index (χ4v) is 8.52. The lowest BCUT2D eigenvalue weighted by Gasteiger charge is -2.31. The molecule has 0 saturated heterocycles. The Bertz CT molecular complexity index is 2640. The summed E-state index contributed by atoms with van der Waals surface area (Å²) in [5, 5.41) is 11.7. The third-order valence-corrected chi connectivity index (χ3v) is 11.4. The number of nitrogens with zero attached hydrogens (tertiary/aromatic N) is 1. The van der Waals surface area contributed by atoms with Crippen molar-refractivity contribution in [3.05, 3.63) is 186 Å². The van der Waals surface area contributed by atoms with E-state index in [-0.39, 0.29) is 0 Å². The van der Waals surface area contributed by atoms with E-state index in [0.29, 0.717) is 11.8 Å². The molecule has 0 bridgehead atoms. The summed E-state index contributed by atoms with van der Waals surface area (Å²) < 4.78 is 6.31. The number of aliphatic imine (C=N–C) groups is 1. The lowest BCUT2D eigenvalue weighted by atomic mass is 9.76. The van der Waals surface area contributed by atoms with Gasteiger partial charge in [0.05, 0.1) is 0 Å². The molecule has 0 radical (unpaired) electrons. The number of nitrogen functional groups attached to an aromatic ring is 1. The average Bonchev–Trinajstić information content (AvgIpc) is 3.54. The second-order valence-electron chi connectivity index (χ2n) is 14.6. The standard InChI is InChI=1S/C35H31NO.C10H9P.C6H7N.C2H6.CH3N/c1-23-9-2-3-10-26(23)30-12-4-5-13-31-27(21-22-36-34(30)31)24-17-19-25(20-18-24)28-14-8-15-32-29-11-6-7-16-33(29)37-35(28)32;11-10-6-5-8-3-1-2-4-9(8)7-10;7-6-4-2-1-3-5-6;2*1-2/h2-3,6-11,14-20,22,27,31H,4-5,12-13,21H2,1H3;1-7H,11H2;1-5H,7H2;1-2H3;2H,1H2. The Morgan fingerprint density at radius 1 is 0.661 bits per heavy atom. The first-order valence-electron chi connectivity index (χ1n) is 20.8. The predicted molar refractivity (Wildman–Crippen MR) is 260 cm³/mol. The smallest absolute Gasteiger partial charge is 0.143 e. The first kappa shape index (κ1) is 42.5. The van der Waals surface area contributed by atoms with Crippen molar-refractivity contribution in [3.63, 3.8) is 0 Å². The van der Waals surface area contributed by atoms with Crippen LogP contribution in [0.5, 0.6) is 0 Å². The maximum absolute atomic E-state index is 6.31. The van der Waals surface area contributed by atoms with Gasteiger partial charge in [-0.15, -0.1) is 9.24 Å². The highest BCUT2D eigenvalue weighted by atomic mass is 31.0. The molecule has 2 aliphatic rings. The van der Waals surface area contributed by atoms with Crippen LogP contribution < -0.4 is 11.0 Å². The SMILES string of the molecule is C=N.CC.Cc1ccccc1C1=C2N=CCC(c3ccc(-c4cccc5c4oc4ccccc45)cc3)C2CCCC1.Nc1ccccc1.Pc1ccc2ccccc2c1. The van der Waals surface area contributed by atoms with Crippen molar-refractivity contribution in [2.75, 3.05) is 5.73 Å². The number of fused-ring (bicyclic) bond motifs is 5. The number of furan rings is 1. The van der Waals surface area contributed by atoms with E-state index in [0.717, 1.165) is 35.3 Å². The van der Waals surface area contributed by atoms with Gasteiger partial charge in [-0.1, -0.05) is 160 Å². The molecule has 0 amide bonds. The number of anilines is 1. The Morgan fingerprint density at radius 2 is 1.32 bits per heavy atom. The summed E-state index contributed by atoms with van der Waals surface area (Å²) in [6.45, 7) is 8.73. The molecule has 10 rings (SSSR count). The molecule has 3 N–H and O–H groups in total. The maximum atomic E-state index is 6.31. The summed E-state index contributed by atoms with van der Waals surface area (Å²) in [5.74, 6) is 0.951. The molecule has 1 aromatic heterocycles. The number of rotatable bonds is 3. The van der Waals surface area contributed by atoms with Crippen LogP contribution in [0.3, 0.4) is 0 Å². The van der Waals surface area contributed by atoms with Crippen LogP contribution in [-0.4, -0.2) is 12.9 Å². The fraction of sp³-hybridized carbons (Fsp3) is 0.185. The van der Waals surface area contributed by atoms with Gasteiger partial charge in [0, 0.05) is 39.9 Å². The molecule has 3 atom stereocenters. The molecule has 1 aliphatic carbocycles. The van der Waals surface area contributed by atoms with Crippen LogP contribution in [0.1, 0.15) is 68.6 Å². The molecule has 298 valence electrons. The van der Waals surface area contributed by atoms with Crippen molar-refractivity contribution in [2.45, 2.75) is 58.8 Å². The van der Waals surface area contributed by atoms with E-state index >= 15 is 0 Å². The van der Waals surface area contributed by atoms with Crippen molar-refractivity contribution in [1.29, 1.82) is 5.41 Å². The maximum Gasteiger partial charge on any atom is 0.143 e. The summed E-state index contributed by atoms with van der Waals surface area (Å²) in [5.41, 5.74) is 17.4. The van der Waals surface area contributed by atoms with Gasteiger partial charge in [0.25, 0.3) is 0 Å². The van der Waals surface area contributed by atoms with Gasteiger partial charge in [0.1, 0.15) is 11.2 Å². The molecular weight excluding hydrogens is 738 g/mol. The number of hydrogen-bond donors (Lipinski definition) is 2. The van der Waals surface area contributed by atoms with Crippen molar-refractivity contribution in [2.24, 2.45) is 10.9 Å². The van der Waals surface area contributed by atoms with E-state index in [4.69, 9.17) is 20.6 Å². The number of para-hydroxylation sites is 3. The summed E-state index contributed by atoms with van der Waals surface area (Å²) in [7, 11) is 2.70. The topological polar surface area (TPSA) is 75.4 Å². The van der Waals surface area contributed by atoms with Gasteiger partial charge >= 0.3 is 0 Å². The number of nitrogens with two attached hydrogens (primary N) is 1. The zero-order valence-electron chi connectivity index (χ0n) is 34.6. The Morgan fingerprint density at radius 3 is 2.07 bits per heavy atom. The highest BCUT2D eigenvalue weighted by Crippen LogP contribution is 2.46. The Hall–Kier alpha value is -6.09. The second-order valence-corrected chi connectivity index (χ2v) is 15.3. The first-order valence-corrected chi connectivity index (χ1v) is 21.3. The molecule has 1 aliphatic heterocycles. The van der Waals surface area contributed by atoms with Gasteiger partial charge in [-0.25, -0.2) is 0 Å². The summed E-state index contributed by atoms with van der Waals surface area (Å²) in [4.78, 5) is 5.05. The molecule has 8 aromatic rings. The summed E-state index contributed by atoms with van der Waals surface area (Å²) >= 11 is 0. The van der Waals surface area contributed by atoms with Crippen LogP contribution in [0.4, 0.5) is 5.69 Å². The minimum absolute atomic E-state index is 0.473. The number of hydrogen-bond acceptors (Lipinski definition) is 4. The van der Waals surface area contributed by atoms with Gasteiger partial charge in [-0.3, -0.25) is 4.99 Å². The van der Waals surface area contributed by atoms with E-state index in [9.17, 15) is 0 Å². The van der Waals surface area contributed by atoms with E-state index < -0.39 is 0 Å². The average molecular weight is 794 g/mol. The second kappa shape index (κ2) is 21.1. The number of benzene rings is 7. The minimum Gasteiger partial charge on any atom is -0.455 e. The number of allylic oxidation sites excluding steroid dienone is 2. The van der Waals surface area contributed by atoms with E-state index in [2.05, 4.69) is 156 Å². The van der Waals surface area contributed by atoms with Crippen LogP contribution in [-0.2, 0) is 0 Å². The molecule has 0 fully saturated rings. The quantitative estimate of drug-likeness (QED) is 0.106. The molecule has 59 heavy (non-hydrogen) atoms. The Labute approximate surface area is 352 Å². The number of aryl methyl sites for hydroxylation is 1. The Kier molecular flexibility index (Phi) is 15.2. The molecule has 5 heteroatoms. The molecule has 7 aromatic carbocycles. The van der Waals surface area contributed by atoms with Gasteiger partial charge < -0.3 is 15.6 Å². The van der Waals surface area contributed by atoms with Crippen molar-refractivity contribution in [3.8, 4) is 11.1 Å². The van der Waals surface area contributed by atoms with Gasteiger partial charge in [-0.2, -0.15) is 0 Å². The molecule has 0 spiro atoms. The molecule has 0 saturated carbocycles. The lowest BCUT2D eigenvalue weighted by Crippen LogP contribution is -2.19. The number of nitrogens with one attached hydrogen (secondary N) is 1. The molecular formula is C54H56N3OP. The van der Waals surface area contributed by atoms with Gasteiger partial charge in [0.15, 0.2) is 0 Å². The predicted octanol–water partition coefficient (Wildman–Crippen LogP) is 14.6. The van der Waals surface area contributed by atoms with Crippen molar-refractivity contribution < 1.29 is 4.42 Å². The van der Waals surface area contributed by atoms with Gasteiger partial charge in [-0.05, 0) is 113 Å².